The van der Waals surface area contributed by atoms with Crippen LogP contribution in [-0.4, -0.2) is 24.8 Å². The molecule has 0 aromatic heterocycles. The summed E-state index contributed by atoms with van der Waals surface area (Å²) in [6, 6.07) is 4.85. The van der Waals surface area contributed by atoms with Crippen LogP contribution in [-0.2, 0) is 30.1 Å². The van der Waals surface area contributed by atoms with Crippen molar-refractivity contribution >= 4 is 22.4 Å². The van der Waals surface area contributed by atoms with Crippen molar-refractivity contribution in [2.24, 2.45) is 0 Å². The average Bonchev–Trinajstić information content (AvgIpc) is 2.34. The fourth-order valence-corrected chi connectivity index (χ4v) is 2.50. The van der Waals surface area contributed by atoms with Crippen molar-refractivity contribution in [1.29, 1.82) is 0 Å². The molecule has 1 rings (SSSR count). The Morgan fingerprint density at radius 3 is 2.74 bits per heavy atom. The predicted octanol–water partition coefficient (Wildman–Crippen LogP) is 2.18. The molecule has 108 valence electrons. The third-order valence-electron chi connectivity index (χ3n) is 2.33. The van der Waals surface area contributed by atoms with E-state index in [-0.39, 0.29) is 4.90 Å². The maximum absolute atomic E-state index is 11.1. The number of rotatable bonds is 8. The van der Waals surface area contributed by atoms with Crippen molar-refractivity contribution in [3.8, 4) is 0 Å². The third-order valence-corrected chi connectivity index (χ3v) is 3.70. The molecule has 9 heteroatoms. The zero-order valence-corrected chi connectivity index (χ0v) is 11.7. The van der Waals surface area contributed by atoms with E-state index in [1.54, 1.807) is 19.1 Å². The topological polar surface area (TPSA) is 102 Å². The number of benzene rings is 1. The maximum atomic E-state index is 11.1. The largest absolute Gasteiger partial charge is 0.294 e. The Balaban J connectivity index is 2.52. The van der Waals surface area contributed by atoms with Gasteiger partial charge < -0.3 is 0 Å². The third kappa shape index (κ3) is 5.87. The molecule has 0 saturated heterocycles. The van der Waals surface area contributed by atoms with Crippen molar-refractivity contribution in [2.45, 2.75) is 24.7 Å². The van der Waals surface area contributed by atoms with Crippen LogP contribution < -0.4 is 0 Å². The zero-order chi connectivity index (χ0) is 14.3. The number of hydrogen-bond acceptors (Lipinski definition) is 7. The van der Waals surface area contributed by atoms with Gasteiger partial charge in [-0.25, -0.2) is 5.26 Å². The molecule has 0 fully saturated rings. The molecule has 7 nitrogen and oxygen atoms in total. The van der Waals surface area contributed by atoms with Gasteiger partial charge in [-0.05, 0) is 37.0 Å². The number of aryl methyl sites for hydroxylation is 2. The summed E-state index contributed by atoms with van der Waals surface area (Å²) in [5.74, 6) is 0. The molecule has 0 aliphatic heterocycles. The first-order valence-corrected chi connectivity index (χ1v) is 7.39. The summed E-state index contributed by atoms with van der Waals surface area (Å²) in [5, 5.41) is 11.1. The highest BCUT2D eigenvalue weighted by Gasteiger charge is 2.13. The van der Waals surface area contributed by atoms with Crippen molar-refractivity contribution in [2.75, 3.05) is 6.61 Å². The van der Waals surface area contributed by atoms with Gasteiger partial charge in [-0.2, -0.15) is 8.42 Å². The summed E-state index contributed by atoms with van der Waals surface area (Å²) < 4.78 is 40.2. The van der Waals surface area contributed by atoms with Crippen LogP contribution in [0.3, 0.4) is 0 Å². The summed E-state index contributed by atoms with van der Waals surface area (Å²) in [7, 11) is -4.20. The fourth-order valence-electron chi connectivity index (χ4n) is 1.48. The average molecular weight is 310 g/mol. The molecule has 0 unspecified atom stereocenters. The molecule has 0 amide bonds. The van der Waals surface area contributed by atoms with Crippen molar-refractivity contribution in [3.05, 3.63) is 29.3 Å². The van der Waals surface area contributed by atoms with Crippen molar-refractivity contribution in [1.82, 2.24) is 0 Å². The molecule has 1 aromatic rings. The van der Waals surface area contributed by atoms with Crippen molar-refractivity contribution in [3.63, 3.8) is 0 Å². The summed E-state index contributed by atoms with van der Waals surface area (Å²) in [5.41, 5.74) is 1.26. The summed E-state index contributed by atoms with van der Waals surface area (Å²) in [6.07, 6.45) is 1.18. The van der Waals surface area contributed by atoms with Gasteiger partial charge in [0.15, 0.2) is 12.3 Å². The first-order chi connectivity index (χ1) is 8.95. The Morgan fingerprint density at radius 1 is 1.37 bits per heavy atom. The first-order valence-electron chi connectivity index (χ1n) is 5.28. The summed E-state index contributed by atoms with van der Waals surface area (Å²) >= 11 is 0.490. The molecule has 0 atom stereocenters. The highest BCUT2D eigenvalue weighted by molar-refractivity contribution is 7.89. The van der Waals surface area contributed by atoms with E-state index in [4.69, 9.17) is 14.0 Å². The lowest BCUT2D eigenvalue weighted by Crippen LogP contribution is -2.02. The molecule has 0 aliphatic rings. The van der Waals surface area contributed by atoms with Crippen LogP contribution in [0.2, 0.25) is 0 Å². The van der Waals surface area contributed by atoms with E-state index in [0.29, 0.717) is 37.3 Å². The van der Waals surface area contributed by atoms with Gasteiger partial charge in [0.1, 0.15) is 0 Å². The van der Waals surface area contributed by atoms with E-state index in [2.05, 4.69) is 9.37 Å². The van der Waals surface area contributed by atoms with Crippen LogP contribution in [0.25, 0.3) is 0 Å². The van der Waals surface area contributed by atoms with E-state index in [1.165, 1.54) is 6.07 Å². The van der Waals surface area contributed by atoms with Crippen molar-refractivity contribution < 1.29 is 31.8 Å². The second-order valence-corrected chi connectivity index (χ2v) is 5.61. The van der Waals surface area contributed by atoms with E-state index < -0.39 is 10.1 Å². The Kier molecular flexibility index (Phi) is 6.72. The van der Waals surface area contributed by atoms with Gasteiger partial charge in [-0.1, -0.05) is 17.2 Å². The summed E-state index contributed by atoms with van der Waals surface area (Å²) in [4.78, 5) is -0.0858. The maximum Gasteiger partial charge on any atom is 0.294 e. The van der Waals surface area contributed by atoms with E-state index in [1.807, 2.05) is 0 Å². The Hall–Kier alpha value is -0.680. The normalized spacial score (nSPS) is 11.7. The van der Waals surface area contributed by atoms with E-state index in [9.17, 15) is 8.42 Å². The lowest BCUT2D eigenvalue weighted by molar-refractivity contribution is -0.434. The molecule has 2 N–H and O–H groups in total. The van der Waals surface area contributed by atoms with Gasteiger partial charge in [0.05, 0.1) is 11.5 Å². The van der Waals surface area contributed by atoms with Gasteiger partial charge in [0.2, 0.25) is 0 Å². The van der Waals surface area contributed by atoms with Crippen LogP contribution in [0.1, 0.15) is 17.5 Å². The van der Waals surface area contributed by atoms with Gasteiger partial charge in [-0.3, -0.25) is 8.74 Å². The van der Waals surface area contributed by atoms with Crippen LogP contribution >= 0.6 is 12.3 Å². The molecule has 1 aromatic carbocycles. The molecule has 0 radical (unpaired) electrons. The Morgan fingerprint density at radius 2 is 2.11 bits per heavy atom. The predicted molar refractivity (Wildman–Crippen MR) is 67.7 cm³/mol. The van der Waals surface area contributed by atoms with E-state index in [0.717, 1.165) is 5.56 Å². The van der Waals surface area contributed by atoms with Gasteiger partial charge >= 0.3 is 0 Å². The molecular formula is C10H14O7S2. The SMILES string of the molecule is Cc1ccc(CCCOSOOO)cc1S(=O)(=O)O. The zero-order valence-electron chi connectivity index (χ0n) is 10.1. The highest BCUT2D eigenvalue weighted by Crippen LogP contribution is 2.18. The smallest absolute Gasteiger partial charge is 0.289 e. The van der Waals surface area contributed by atoms with Crippen LogP contribution in [0, 0.1) is 6.92 Å². The lowest BCUT2D eigenvalue weighted by atomic mass is 10.1. The number of hydrogen-bond donors (Lipinski definition) is 2. The van der Waals surface area contributed by atoms with Gasteiger partial charge in [0, 0.05) is 0 Å². The molecule has 0 saturated carbocycles. The molecule has 0 spiro atoms. The minimum atomic E-state index is -4.20. The minimum absolute atomic E-state index is 0.0858. The first kappa shape index (κ1) is 16.4. The monoisotopic (exact) mass is 310 g/mol. The Bertz CT molecular complexity index is 501. The molecule has 19 heavy (non-hydrogen) atoms. The molecular weight excluding hydrogens is 296 g/mol. The van der Waals surface area contributed by atoms with Gasteiger partial charge in [0.25, 0.3) is 10.1 Å². The second kappa shape index (κ2) is 7.80. The quantitative estimate of drug-likeness (QED) is 0.248. The van der Waals surface area contributed by atoms with Gasteiger partial charge in [-0.15, -0.1) is 4.33 Å². The lowest BCUT2D eigenvalue weighted by Gasteiger charge is -2.06. The van der Waals surface area contributed by atoms with Crippen LogP contribution in [0.15, 0.2) is 23.1 Å². The highest BCUT2D eigenvalue weighted by atomic mass is 32.2. The fraction of sp³-hybridized carbons (Fsp3) is 0.400. The van der Waals surface area contributed by atoms with Crippen LogP contribution in [0.5, 0.6) is 0 Å². The molecule has 0 bridgehead atoms. The standard InChI is InChI=1S/C10H14O7S2/c1-8-4-5-9(7-10(8)19(12,13)14)3-2-6-15-18-17-16-11/h4-5,7,11H,2-3,6H2,1H3,(H,12,13,14). The second-order valence-electron chi connectivity index (χ2n) is 3.71. The molecule has 0 heterocycles. The molecule has 0 aliphatic carbocycles. The summed E-state index contributed by atoms with van der Waals surface area (Å²) in [6.45, 7) is 1.93. The minimum Gasteiger partial charge on any atom is -0.289 e. The van der Waals surface area contributed by atoms with Crippen LogP contribution in [0.4, 0.5) is 0 Å². The van der Waals surface area contributed by atoms with E-state index >= 15 is 0 Å². The Labute approximate surface area is 115 Å².